The van der Waals surface area contributed by atoms with Crippen LogP contribution in [0, 0.1) is 0 Å². The molecule has 1 aliphatic rings. The van der Waals surface area contributed by atoms with Crippen molar-refractivity contribution in [2.24, 2.45) is 0 Å². The maximum Gasteiger partial charge on any atom is 0.222 e. The van der Waals surface area contributed by atoms with Gasteiger partial charge in [-0.15, -0.1) is 0 Å². The smallest absolute Gasteiger partial charge is 0.222 e. The Bertz CT molecular complexity index is 218. The van der Waals surface area contributed by atoms with E-state index in [2.05, 4.69) is 24.1 Å². The van der Waals surface area contributed by atoms with E-state index in [9.17, 15) is 4.79 Å². The largest absolute Gasteiger partial charge is 0.343 e. The number of likely N-dealkylation sites (tertiary alicyclic amines) is 1. The summed E-state index contributed by atoms with van der Waals surface area (Å²) in [6.45, 7) is 7.32. The molecule has 0 aromatic rings. The Kier molecular flexibility index (Phi) is 7.25. The minimum atomic E-state index is 0.376. The molecule has 0 bridgehead atoms. The normalized spacial score (nSPS) is 19.9. The second-order valence-electron chi connectivity index (χ2n) is 5.15. The summed E-state index contributed by atoms with van der Waals surface area (Å²) in [6, 6.07) is 0.574. The molecule has 3 heteroatoms. The highest BCUT2D eigenvalue weighted by Gasteiger charge is 2.15. The van der Waals surface area contributed by atoms with Crippen LogP contribution in [0.1, 0.15) is 58.8 Å². The number of rotatable bonds is 6. The van der Waals surface area contributed by atoms with Crippen LogP contribution in [0.15, 0.2) is 0 Å². The second kappa shape index (κ2) is 8.51. The zero-order valence-electron chi connectivity index (χ0n) is 11.5. The summed E-state index contributed by atoms with van der Waals surface area (Å²) in [5, 5.41) is 3.41. The van der Waals surface area contributed by atoms with Crippen molar-refractivity contribution >= 4 is 5.91 Å². The maximum absolute atomic E-state index is 11.9. The Morgan fingerprint density at radius 3 is 2.82 bits per heavy atom. The Labute approximate surface area is 106 Å². The molecule has 0 aliphatic carbocycles. The SMILES string of the molecule is CCNC(C)CCCN1CCCCCCC1=O. The molecule has 3 nitrogen and oxygen atoms in total. The van der Waals surface area contributed by atoms with Gasteiger partial charge in [0.05, 0.1) is 0 Å². The van der Waals surface area contributed by atoms with Crippen molar-refractivity contribution in [3.8, 4) is 0 Å². The lowest BCUT2D eigenvalue weighted by Gasteiger charge is -2.25. The molecule has 0 aromatic carbocycles. The lowest BCUT2D eigenvalue weighted by Crippen LogP contribution is -2.34. The number of nitrogens with zero attached hydrogens (tertiary/aromatic N) is 1. The maximum atomic E-state index is 11.9. The minimum absolute atomic E-state index is 0.376. The Morgan fingerprint density at radius 2 is 2.06 bits per heavy atom. The third kappa shape index (κ3) is 6.06. The van der Waals surface area contributed by atoms with Gasteiger partial charge in [0.15, 0.2) is 0 Å². The minimum Gasteiger partial charge on any atom is -0.343 e. The number of hydrogen-bond acceptors (Lipinski definition) is 2. The molecule has 1 aliphatic heterocycles. The van der Waals surface area contributed by atoms with Crippen LogP contribution in [0.5, 0.6) is 0 Å². The first-order valence-electron chi connectivity index (χ1n) is 7.25. The molecule has 1 N–H and O–H groups in total. The summed E-state index contributed by atoms with van der Waals surface area (Å²) in [7, 11) is 0. The van der Waals surface area contributed by atoms with Crippen molar-refractivity contribution in [1.29, 1.82) is 0 Å². The van der Waals surface area contributed by atoms with E-state index in [-0.39, 0.29) is 0 Å². The fourth-order valence-corrected chi connectivity index (χ4v) is 2.49. The highest BCUT2D eigenvalue weighted by molar-refractivity contribution is 5.76. The topological polar surface area (TPSA) is 32.3 Å². The van der Waals surface area contributed by atoms with Gasteiger partial charge in [0.1, 0.15) is 0 Å². The van der Waals surface area contributed by atoms with Crippen LogP contribution in [-0.2, 0) is 4.79 Å². The quantitative estimate of drug-likeness (QED) is 0.774. The van der Waals surface area contributed by atoms with E-state index in [4.69, 9.17) is 0 Å². The van der Waals surface area contributed by atoms with Crippen molar-refractivity contribution < 1.29 is 4.79 Å². The lowest BCUT2D eigenvalue weighted by atomic mass is 10.1. The van der Waals surface area contributed by atoms with Crippen LogP contribution >= 0.6 is 0 Å². The molecular formula is C14H28N2O. The van der Waals surface area contributed by atoms with E-state index < -0.39 is 0 Å². The van der Waals surface area contributed by atoms with Crippen molar-refractivity contribution in [3.05, 3.63) is 0 Å². The highest BCUT2D eigenvalue weighted by Crippen LogP contribution is 2.12. The van der Waals surface area contributed by atoms with Gasteiger partial charge in [-0.3, -0.25) is 4.79 Å². The Hall–Kier alpha value is -0.570. The second-order valence-corrected chi connectivity index (χ2v) is 5.15. The predicted octanol–water partition coefficient (Wildman–Crippen LogP) is 2.56. The Balaban J connectivity index is 2.20. The lowest BCUT2D eigenvalue weighted by molar-refractivity contribution is -0.131. The molecule has 0 spiro atoms. The van der Waals surface area contributed by atoms with Crippen molar-refractivity contribution in [2.75, 3.05) is 19.6 Å². The van der Waals surface area contributed by atoms with Gasteiger partial charge in [-0.05, 0) is 39.2 Å². The molecule has 1 atom stereocenters. The number of hydrogen-bond donors (Lipinski definition) is 1. The first-order valence-corrected chi connectivity index (χ1v) is 7.25. The zero-order chi connectivity index (χ0) is 12.5. The monoisotopic (exact) mass is 240 g/mol. The molecule has 100 valence electrons. The van der Waals surface area contributed by atoms with Gasteiger partial charge in [0, 0.05) is 25.6 Å². The van der Waals surface area contributed by atoms with E-state index in [1.807, 2.05) is 0 Å². The molecule has 0 aromatic heterocycles. The van der Waals surface area contributed by atoms with Gasteiger partial charge >= 0.3 is 0 Å². The van der Waals surface area contributed by atoms with E-state index in [1.165, 1.54) is 19.3 Å². The van der Waals surface area contributed by atoms with Gasteiger partial charge in [0.25, 0.3) is 0 Å². The summed E-state index contributed by atoms with van der Waals surface area (Å²) in [5.41, 5.74) is 0. The first-order chi connectivity index (χ1) is 8.24. The predicted molar refractivity (Wildman–Crippen MR) is 72.0 cm³/mol. The molecule has 1 unspecified atom stereocenters. The van der Waals surface area contributed by atoms with Crippen molar-refractivity contribution in [1.82, 2.24) is 10.2 Å². The van der Waals surface area contributed by atoms with Gasteiger partial charge < -0.3 is 10.2 Å². The summed E-state index contributed by atoms with van der Waals surface area (Å²) < 4.78 is 0. The molecule has 0 radical (unpaired) electrons. The van der Waals surface area contributed by atoms with Crippen LogP contribution in [0.2, 0.25) is 0 Å². The van der Waals surface area contributed by atoms with Crippen LogP contribution < -0.4 is 5.32 Å². The summed E-state index contributed by atoms with van der Waals surface area (Å²) in [4.78, 5) is 14.0. The standard InChI is InChI=1S/C14H28N2O/c1-3-15-13(2)9-8-12-16-11-7-5-4-6-10-14(16)17/h13,15H,3-12H2,1-2H3. The number of amides is 1. The fraction of sp³-hybridized carbons (Fsp3) is 0.929. The van der Waals surface area contributed by atoms with Crippen LogP contribution in [0.25, 0.3) is 0 Å². The van der Waals surface area contributed by atoms with Gasteiger partial charge in [-0.25, -0.2) is 0 Å². The average Bonchev–Trinajstić information content (AvgIpc) is 2.28. The highest BCUT2D eigenvalue weighted by atomic mass is 16.2. The molecule has 1 saturated heterocycles. The van der Waals surface area contributed by atoms with Crippen molar-refractivity contribution in [3.63, 3.8) is 0 Å². The van der Waals surface area contributed by atoms with E-state index in [1.54, 1.807) is 0 Å². The summed E-state index contributed by atoms with van der Waals surface area (Å²) in [5.74, 6) is 0.376. The van der Waals surface area contributed by atoms with Crippen LogP contribution in [-0.4, -0.2) is 36.5 Å². The van der Waals surface area contributed by atoms with Gasteiger partial charge in [0.2, 0.25) is 5.91 Å². The summed E-state index contributed by atoms with van der Waals surface area (Å²) >= 11 is 0. The molecule has 1 heterocycles. The Morgan fingerprint density at radius 1 is 1.29 bits per heavy atom. The first kappa shape index (κ1) is 14.5. The van der Waals surface area contributed by atoms with E-state index >= 15 is 0 Å². The molecule has 17 heavy (non-hydrogen) atoms. The summed E-state index contributed by atoms with van der Waals surface area (Å²) in [6.07, 6.45) is 7.85. The zero-order valence-corrected chi connectivity index (χ0v) is 11.5. The number of nitrogens with one attached hydrogen (secondary N) is 1. The molecule has 1 rings (SSSR count). The third-order valence-electron chi connectivity index (χ3n) is 3.54. The number of carbonyl (C=O) groups is 1. The van der Waals surface area contributed by atoms with Crippen molar-refractivity contribution in [2.45, 2.75) is 64.8 Å². The third-order valence-corrected chi connectivity index (χ3v) is 3.54. The molecule has 1 fully saturated rings. The van der Waals surface area contributed by atoms with Crippen LogP contribution in [0.3, 0.4) is 0 Å². The van der Waals surface area contributed by atoms with Crippen LogP contribution in [0.4, 0.5) is 0 Å². The fourth-order valence-electron chi connectivity index (χ4n) is 2.49. The van der Waals surface area contributed by atoms with E-state index in [0.717, 1.165) is 45.3 Å². The van der Waals surface area contributed by atoms with Gasteiger partial charge in [-0.2, -0.15) is 0 Å². The molecule has 1 amide bonds. The van der Waals surface area contributed by atoms with E-state index in [0.29, 0.717) is 11.9 Å². The number of carbonyl (C=O) groups excluding carboxylic acids is 1. The average molecular weight is 240 g/mol. The molecule has 0 saturated carbocycles. The molecular weight excluding hydrogens is 212 g/mol. The van der Waals surface area contributed by atoms with Gasteiger partial charge in [-0.1, -0.05) is 19.8 Å².